The summed E-state index contributed by atoms with van der Waals surface area (Å²) in [6.45, 7) is 10.9. The number of hydrogen-bond donors (Lipinski definition) is 0. The first-order valence-corrected chi connectivity index (χ1v) is 12.8. The standard InChI is InChI=1S/C16H27NO2SSi/c1-6-7-8-15-16(21(3,4)5)17(15)20(18,19)14-11-9-13(2)10-12-14/h9-12,15-16H,6-8H2,1-5H3/t15-,16+,17?/m0/s1. The first-order chi connectivity index (χ1) is 9.69. The highest BCUT2D eigenvalue weighted by atomic mass is 32.2. The van der Waals surface area contributed by atoms with E-state index < -0.39 is 18.1 Å². The van der Waals surface area contributed by atoms with Gasteiger partial charge >= 0.3 is 0 Å². The summed E-state index contributed by atoms with van der Waals surface area (Å²) in [6.07, 6.45) is 3.22. The second-order valence-electron chi connectivity index (χ2n) is 7.17. The van der Waals surface area contributed by atoms with Crippen LogP contribution < -0.4 is 0 Å². The SMILES string of the molecule is CCCC[C@H]1[C@@H]([Si](C)(C)C)N1S(=O)(=O)c1ccc(C)cc1. The predicted octanol–water partition coefficient (Wildman–Crippen LogP) is 3.80. The monoisotopic (exact) mass is 325 g/mol. The fourth-order valence-corrected chi connectivity index (χ4v) is 8.58. The molecule has 0 bridgehead atoms. The Morgan fingerprint density at radius 3 is 2.19 bits per heavy atom. The van der Waals surface area contributed by atoms with Crippen LogP contribution in [0.4, 0.5) is 0 Å². The molecule has 0 saturated carbocycles. The fourth-order valence-electron chi connectivity index (χ4n) is 3.07. The van der Waals surface area contributed by atoms with E-state index in [4.69, 9.17) is 0 Å². The Morgan fingerprint density at radius 1 is 1.14 bits per heavy atom. The average molecular weight is 326 g/mol. The Labute approximate surface area is 130 Å². The molecule has 0 radical (unpaired) electrons. The van der Waals surface area contributed by atoms with Gasteiger partial charge in [0.15, 0.2) is 0 Å². The summed E-state index contributed by atoms with van der Waals surface area (Å²) in [7, 11) is -4.83. The van der Waals surface area contributed by atoms with Gasteiger partial charge in [-0.15, -0.1) is 0 Å². The van der Waals surface area contributed by atoms with Gasteiger partial charge in [0.2, 0.25) is 10.0 Å². The lowest BCUT2D eigenvalue weighted by Crippen LogP contribution is -2.33. The van der Waals surface area contributed by atoms with Gasteiger partial charge in [0.1, 0.15) is 0 Å². The van der Waals surface area contributed by atoms with E-state index >= 15 is 0 Å². The molecule has 0 aliphatic carbocycles. The third kappa shape index (κ3) is 3.41. The number of sulfonamides is 1. The molecule has 1 aliphatic heterocycles. The van der Waals surface area contributed by atoms with E-state index in [0.29, 0.717) is 4.90 Å². The Bertz CT molecular complexity index is 590. The van der Waals surface area contributed by atoms with Crippen LogP contribution in [0.3, 0.4) is 0 Å². The van der Waals surface area contributed by atoms with Crippen LogP contribution in [0.5, 0.6) is 0 Å². The number of unbranched alkanes of at least 4 members (excludes halogenated alkanes) is 1. The molecule has 0 N–H and O–H groups in total. The summed E-state index contributed by atoms with van der Waals surface area (Å²) >= 11 is 0. The molecule has 1 unspecified atom stereocenters. The molecular formula is C16H27NO2SSi. The van der Waals surface area contributed by atoms with Crippen molar-refractivity contribution in [2.45, 2.75) is 69.4 Å². The highest BCUT2D eigenvalue weighted by molar-refractivity contribution is 7.89. The summed E-state index contributed by atoms with van der Waals surface area (Å²) in [5.74, 6) is 0. The molecule has 2 rings (SSSR count). The second-order valence-corrected chi connectivity index (χ2v) is 14.3. The maximum Gasteiger partial charge on any atom is 0.243 e. The van der Waals surface area contributed by atoms with Crippen molar-refractivity contribution < 1.29 is 8.42 Å². The molecule has 3 atom stereocenters. The number of nitrogens with zero attached hydrogens (tertiary/aromatic N) is 1. The van der Waals surface area contributed by atoms with Gasteiger partial charge in [0.05, 0.1) is 13.0 Å². The van der Waals surface area contributed by atoms with E-state index in [0.717, 1.165) is 24.8 Å². The van der Waals surface area contributed by atoms with Gasteiger partial charge in [-0.05, 0) is 25.5 Å². The molecule has 118 valence electrons. The molecular weight excluding hydrogens is 298 g/mol. The molecule has 21 heavy (non-hydrogen) atoms. The summed E-state index contributed by atoms with van der Waals surface area (Å²) < 4.78 is 27.6. The number of aryl methyl sites for hydroxylation is 1. The van der Waals surface area contributed by atoms with Gasteiger partial charge in [-0.3, -0.25) is 0 Å². The third-order valence-corrected chi connectivity index (χ3v) is 8.76. The van der Waals surface area contributed by atoms with E-state index in [2.05, 4.69) is 26.6 Å². The van der Waals surface area contributed by atoms with E-state index in [9.17, 15) is 8.42 Å². The van der Waals surface area contributed by atoms with Gasteiger partial charge in [-0.1, -0.05) is 57.1 Å². The van der Waals surface area contributed by atoms with Crippen LogP contribution in [0.2, 0.25) is 19.6 Å². The first-order valence-electron chi connectivity index (χ1n) is 7.80. The van der Waals surface area contributed by atoms with Crippen LogP contribution in [0.15, 0.2) is 29.2 Å². The number of rotatable bonds is 6. The zero-order chi connectivity index (χ0) is 15.8. The molecule has 0 spiro atoms. The lowest BCUT2D eigenvalue weighted by molar-refractivity contribution is 0.541. The summed E-state index contributed by atoms with van der Waals surface area (Å²) in [5, 5.41) is 0. The normalized spacial score (nSPS) is 25.9. The Hall–Kier alpha value is -0.653. The van der Waals surface area contributed by atoms with Gasteiger partial charge in [-0.25, -0.2) is 8.42 Å². The van der Waals surface area contributed by atoms with Crippen molar-refractivity contribution in [3.05, 3.63) is 29.8 Å². The molecule has 1 fully saturated rings. The van der Waals surface area contributed by atoms with Gasteiger partial charge in [-0.2, -0.15) is 4.31 Å². The summed E-state index contributed by atoms with van der Waals surface area (Å²) in [6, 6.07) is 7.45. The van der Waals surface area contributed by atoms with Crippen molar-refractivity contribution in [3.8, 4) is 0 Å². The lowest BCUT2D eigenvalue weighted by Gasteiger charge is -2.15. The van der Waals surface area contributed by atoms with Crippen molar-refractivity contribution in [1.82, 2.24) is 4.31 Å². The Morgan fingerprint density at radius 2 is 1.71 bits per heavy atom. The van der Waals surface area contributed by atoms with Gasteiger partial charge in [0.25, 0.3) is 0 Å². The van der Waals surface area contributed by atoms with Crippen LogP contribution in [-0.2, 0) is 10.0 Å². The van der Waals surface area contributed by atoms with Crippen LogP contribution in [0, 0.1) is 6.92 Å². The molecule has 0 aromatic heterocycles. The maximum atomic E-state index is 12.9. The van der Waals surface area contributed by atoms with E-state index in [1.54, 1.807) is 16.4 Å². The highest BCUT2D eigenvalue weighted by Crippen LogP contribution is 2.43. The van der Waals surface area contributed by atoms with Crippen molar-refractivity contribution in [1.29, 1.82) is 0 Å². The van der Waals surface area contributed by atoms with Gasteiger partial charge in [0, 0.05) is 11.7 Å². The molecule has 1 aromatic rings. The molecule has 5 heteroatoms. The van der Waals surface area contributed by atoms with Crippen molar-refractivity contribution >= 4 is 18.1 Å². The zero-order valence-corrected chi connectivity index (χ0v) is 15.6. The van der Waals surface area contributed by atoms with E-state index in [1.807, 2.05) is 19.1 Å². The van der Waals surface area contributed by atoms with Crippen molar-refractivity contribution in [3.63, 3.8) is 0 Å². The van der Waals surface area contributed by atoms with Crippen LogP contribution in [-0.4, -0.2) is 32.5 Å². The quantitative estimate of drug-likeness (QED) is 0.589. The Kier molecular flexibility index (Phi) is 4.66. The molecule has 3 nitrogen and oxygen atoms in total. The number of benzene rings is 1. The Balaban J connectivity index is 2.28. The van der Waals surface area contributed by atoms with Crippen LogP contribution >= 0.6 is 0 Å². The summed E-state index contributed by atoms with van der Waals surface area (Å²) in [5.41, 5.74) is 1.35. The molecule has 0 amide bonds. The molecule has 1 aromatic carbocycles. The van der Waals surface area contributed by atoms with E-state index in [1.165, 1.54) is 0 Å². The topological polar surface area (TPSA) is 37.1 Å². The zero-order valence-electron chi connectivity index (χ0n) is 13.8. The third-order valence-electron chi connectivity index (χ3n) is 4.21. The largest absolute Gasteiger partial charge is 0.243 e. The first kappa shape index (κ1) is 16.7. The minimum atomic E-state index is -3.33. The van der Waals surface area contributed by atoms with E-state index in [-0.39, 0.29) is 11.7 Å². The van der Waals surface area contributed by atoms with Crippen LogP contribution in [0.25, 0.3) is 0 Å². The van der Waals surface area contributed by atoms with Crippen LogP contribution in [0.1, 0.15) is 31.7 Å². The summed E-state index contributed by atoms with van der Waals surface area (Å²) in [4.78, 5) is 0.440. The average Bonchev–Trinajstić information content (AvgIpc) is 3.12. The minimum absolute atomic E-state index is 0.225. The fraction of sp³-hybridized carbons (Fsp3) is 0.625. The second kappa shape index (κ2) is 5.86. The lowest BCUT2D eigenvalue weighted by atomic mass is 10.2. The number of hydrogen-bond acceptors (Lipinski definition) is 2. The molecule has 1 heterocycles. The minimum Gasteiger partial charge on any atom is -0.207 e. The molecule has 1 saturated heterocycles. The van der Waals surface area contributed by atoms with Crippen molar-refractivity contribution in [2.24, 2.45) is 0 Å². The molecule has 1 aliphatic rings. The van der Waals surface area contributed by atoms with Crippen molar-refractivity contribution in [2.75, 3.05) is 0 Å². The highest BCUT2D eigenvalue weighted by Gasteiger charge is 2.59. The predicted molar refractivity (Wildman–Crippen MR) is 90.7 cm³/mol. The van der Waals surface area contributed by atoms with Gasteiger partial charge < -0.3 is 0 Å². The smallest absolute Gasteiger partial charge is 0.207 e. The maximum absolute atomic E-state index is 12.9.